The molecule has 2 aromatic carbocycles. The molecular formula is C20H20F4N2O. The van der Waals surface area contributed by atoms with E-state index in [1.807, 2.05) is 0 Å². The lowest BCUT2D eigenvalue weighted by molar-refractivity contribution is -0.137. The van der Waals surface area contributed by atoms with Gasteiger partial charge in [0.05, 0.1) is 5.56 Å². The summed E-state index contributed by atoms with van der Waals surface area (Å²) in [5, 5.41) is 2.94. The predicted molar refractivity (Wildman–Crippen MR) is 93.2 cm³/mol. The zero-order valence-electron chi connectivity index (χ0n) is 14.8. The lowest BCUT2D eigenvalue weighted by Gasteiger charge is -2.28. The lowest BCUT2D eigenvalue weighted by atomic mass is 10.0. The van der Waals surface area contributed by atoms with E-state index in [1.165, 1.54) is 24.3 Å². The van der Waals surface area contributed by atoms with E-state index < -0.39 is 23.6 Å². The van der Waals surface area contributed by atoms with Crippen LogP contribution in [0.15, 0.2) is 48.5 Å². The molecule has 0 aliphatic heterocycles. The Kier molecular flexibility index (Phi) is 5.51. The van der Waals surface area contributed by atoms with Gasteiger partial charge in [0.1, 0.15) is 11.9 Å². The van der Waals surface area contributed by atoms with Crippen LogP contribution >= 0.6 is 0 Å². The normalized spacial score (nSPS) is 15.6. The van der Waals surface area contributed by atoms with Crippen molar-refractivity contribution in [2.24, 2.45) is 0 Å². The van der Waals surface area contributed by atoms with Crippen LogP contribution in [0.2, 0.25) is 0 Å². The summed E-state index contributed by atoms with van der Waals surface area (Å²) in [6, 6.07) is 10.1. The van der Waals surface area contributed by atoms with Crippen molar-refractivity contribution in [1.29, 1.82) is 0 Å². The minimum Gasteiger partial charge on any atom is -0.352 e. The van der Waals surface area contributed by atoms with E-state index in [2.05, 4.69) is 5.32 Å². The van der Waals surface area contributed by atoms with Crippen LogP contribution in [-0.2, 0) is 17.5 Å². The Hall–Kier alpha value is -2.41. The summed E-state index contributed by atoms with van der Waals surface area (Å²) in [6.07, 6.45) is -2.51. The van der Waals surface area contributed by atoms with Crippen LogP contribution in [0.3, 0.4) is 0 Å². The number of nitrogens with zero attached hydrogens (tertiary/aromatic N) is 1. The highest BCUT2D eigenvalue weighted by atomic mass is 19.4. The molecule has 1 atom stereocenters. The van der Waals surface area contributed by atoms with Gasteiger partial charge in [-0.3, -0.25) is 9.69 Å². The first-order chi connectivity index (χ1) is 12.7. The second-order valence-electron chi connectivity index (χ2n) is 6.85. The molecule has 1 fully saturated rings. The Balaban J connectivity index is 1.78. The quantitative estimate of drug-likeness (QED) is 0.758. The third-order valence-electron chi connectivity index (χ3n) is 4.51. The van der Waals surface area contributed by atoms with Crippen molar-refractivity contribution in [3.63, 3.8) is 0 Å². The fourth-order valence-corrected chi connectivity index (χ4v) is 2.94. The fourth-order valence-electron chi connectivity index (χ4n) is 2.94. The number of hydrogen-bond donors (Lipinski definition) is 1. The first-order valence-electron chi connectivity index (χ1n) is 8.66. The molecule has 0 saturated heterocycles. The average Bonchev–Trinajstić information content (AvgIpc) is 3.40. The van der Waals surface area contributed by atoms with Crippen molar-refractivity contribution in [2.45, 2.75) is 37.6 Å². The van der Waals surface area contributed by atoms with Gasteiger partial charge in [0.15, 0.2) is 0 Å². The van der Waals surface area contributed by atoms with E-state index in [1.54, 1.807) is 24.1 Å². The van der Waals surface area contributed by atoms with Gasteiger partial charge in [-0.05, 0) is 55.3 Å². The fraction of sp³-hybridized carbons (Fsp3) is 0.350. The summed E-state index contributed by atoms with van der Waals surface area (Å²) < 4.78 is 51.4. The van der Waals surface area contributed by atoms with E-state index in [0.717, 1.165) is 25.0 Å². The Morgan fingerprint density at radius 2 is 1.70 bits per heavy atom. The zero-order valence-corrected chi connectivity index (χ0v) is 14.8. The highest BCUT2D eigenvalue weighted by molar-refractivity contribution is 5.83. The number of rotatable bonds is 6. The molecule has 3 rings (SSSR count). The van der Waals surface area contributed by atoms with Gasteiger partial charge in [-0.1, -0.05) is 24.3 Å². The summed E-state index contributed by atoms with van der Waals surface area (Å²) in [5.74, 6) is -0.594. The number of hydrogen-bond acceptors (Lipinski definition) is 2. The van der Waals surface area contributed by atoms with Crippen molar-refractivity contribution in [3.8, 4) is 0 Å². The summed E-state index contributed by atoms with van der Waals surface area (Å²) in [6.45, 7) is 0.276. The molecule has 1 aliphatic rings. The zero-order chi connectivity index (χ0) is 19.6. The molecule has 0 heterocycles. The highest BCUT2D eigenvalue weighted by Crippen LogP contribution is 2.30. The molecule has 1 saturated carbocycles. The van der Waals surface area contributed by atoms with Gasteiger partial charge in [-0.2, -0.15) is 13.2 Å². The molecule has 0 bridgehead atoms. The topological polar surface area (TPSA) is 32.3 Å². The largest absolute Gasteiger partial charge is 0.416 e. The van der Waals surface area contributed by atoms with Gasteiger partial charge in [-0.25, -0.2) is 4.39 Å². The monoisotopic (exact) mass is 380 g/mol. The lowest BCUT2D eigenvalue weighted by Crippen LogP contribution is -2.39. The number of benzene rings is 2. The van der Waals surface area contributed by atoms with Crippen molar-refractivity contribution in [3.05, 3.63) is 71.0 Å². The number of amides is 1. The van der Waals surface area contributed by atoms with Crippen LogP contribution < -0.4 is 5.32 Å². The van der Waals surface area contributed by atoms with Crippen LogP contribution in [0.5, 0.6) is 0 Å². The van der Waals surface area contributed by atoms with E-state index >= 15 is 0 Å². The van der Waals surface area contributed by atoms with Crippen LogP contribution in [0, 0.1) is 5.82 Å². The van der Waals surface area contributed by atoms with Gasteiger partial charge < -0.3 is 5.32 Å². The summed E-state index contributed by atoms with van der Waals surface area (Å²) >= 11 is 0. The number of likely N-dealkylation sites (N-methyl/N-ethyl adjacent to an activating group) is 1. The molecular weight excluding hydrogens is 360 g/mol. The third kappa shape index (κ3) is 5.07. The number of nitrogens with one attached hydrogen (secondary N) is 1. The second-order valence-corrected chi connectivity index (χ2v) is 6.85. The Morgan fingerprint density at radius 1 is 1.11 bits per heavy atom. The highest BCUT2D eigenvalue weighted by Gasteiger charge is 2.32. The number of carbonyl (C=O) groups is 1. The number of carbonyl (C=O) groups excluding carboxylic acids is 1. The van der Waals surface area contributed by atoms with E-state index in [9.17, 15) is 22.4 Å². The molecule has 144 valence electrons. The van der Waals surface area contributed by atoms with Gasteiger partial charge in [0, 0.05) is 12.6 Å². The van der Waals surface area contributed by atoms with Crippen LogP contribution in [0.25, 0.3) is 0 Å². The molecule has 0 unspecified atom stereocenters. The average molecular weight is 380 g/mol. The van der Waals surface area contributed by atoms with Gasteiger partial charge in [0.25, 0.3) is 0 Å². The SMILES string of the molecule is CN(Cc1ccc(C(F)(F)F)cc1)[C@@H](C(=O)NC1CC1)c1ccc(F)cc1. The Bertz CT molecular complexity index is 783. The first-order valence-corrected chi connectivity index (χ1v) is 8.66. The van der Waals surface area contributed by atoms with E-state index in [4.69, 9.17) is 0 Å². The minimum absolute atomic E-state index is 0.167. The number of alkyl halides is 3. The van der Waals surface area contributed by atoms with Gasteiger partial charge in [0.2, 0.25) is 5.91 Å². The molecule has 1 aliphatic carbocycles. The molecule has 27 heavy (non-hydrogen) atoms. The summed E-state index contributed by atoms with van der Waals surface area (Å²) in [5.41, 5.74) is 0.566. The van der Waals surface area contributed by atoms with Crippen LogP contribution in [0.4, 0.5) is 17.6 Å². The molecule has 1 N–H and O–H groups in total. The molecule has 3 nitrogen and oxygen atoms in total. The van der Waals surface area contributed by atoms with Crippen molar-refractivity contribution in [1.82, 2.24) is 10.2 Å². The molecule has 0 spiro atoms. The smallest absolute Gasteiger partial charge is 0.352 e. The molecule has 1 amide bonds. The Labute approximate surface area is 155 Å². The van der Waals surface area contributed by atoms with Crippen LogP contribution in [-0.4, -0.2) is 23.9 Å². The molecule has 0 aromatic heterocycles. The van der Waals surface area contributed by atoms with Crippen molar-refractivity contribution in [2.75, 3.05) is 7.05 Å². The minimum atomic E-state index is -4.38. The second kappa shape index (κ2) is 7.68. The first kappa shape index (κ1) is 19.4. The van der Waals surface area contributed by atoms with Crippen molar-refractivity contribution >= 4 is 5.91 Å². The van der Waals surface area contributed by atoms with Gasteiger partial charge in [-0.15, -0.1) is 0 Å². The summed E-state index contributed by atoms with van der Waals surface area (Å²) in [4.78, 5) is 14.4. The Morgan fingerprint density at radius 3 is 2.22 bits per heavy atom. The summed E-state index contributed by atoms with van der Waals surface area (Å²) in [7, 11) is 1.72. The maximum absolute atomic E-state index is 13.2. The van der Waals surface area contributed by atoms with Crippen LogP contribution in [0.1, 0.15) is 35.6 Å². The van der Waals surface area contributed by atoms with E-state index in [-0.39, 0.29) is 18.5 Å². The van der Waals surface area contributed by atoms with E-state index in [0.29, 0.717) is 11.1 Å². The molecule has 0 radical (unpaired) electrons. The number of halogens is 4. The standard InChI is InChI=1S/C20H20F4N2O/c1-26(12-13-2-6-15(7-3-13)20(22,23)24)18(19(27)25-17-10-11-17)14-4-8-16(21)9-5-14/h2-9,17-18H,10-12H2,1H3,(H,25,27)/t18-/m1/s1. The third-order valence-corrected chi connectivity index (χ3v) is 4.51. The van der Waals surface area contributed by atoms with Gasteiger partial charge >= 0.3 is 6.18 Å². The predicted octanol–water partition coefficient (Wildman–Crippen LogP) is 4.30. The van der Waals surface area contributed by atoms with Crippen molar-refractivity contribution < 1.29 is 22.4 Å². The maximum atomic E-state index is 13.2. The maximum Gasteiger partial charge on any atom is 0.416 e. The molecule has 7 heteroatoms. The molecule has 2 aromatic rings.